The monoisotopic (exact) mass is 208 g/mol. The van der Waals surface area contributed by atoms with Crippen LogP contribution in [0.2, 0.25) is 0 Å². The van der Waals surface area contributed by atoms with Gasteiger partial charge < -0.3 is 0 Å². The lowest BCUT2D eigenvalue weighted by Crippen LogP contribution is -1.72. The van der Waals surface area contributed by atoms with Gasteiger partial charge in [-0.05, 0) is 6.07 Å². The minimum Gasteiger partial charge on any atom is -0.282 e. The third-order valence-corrected chi connectivity index (χ3v) is 1.52. The second-order valence-corrected chi connectivity index (χ2v) is 1.98. The molecular formula is C4H5IN2. The van der Waals surface area contributed by atoms with Crippen molar-refractivity contribution in [1.82, 2.24) is 10.2 Å². The van der Waals surface area contributed by atoms with Crippen LogP contribution in [-0.2, 0) is 4.43 Å². The van der Waals surface area contributed by atoms with E-state index in [0.29, 0.717) is 0 Å². The zero-order valence-corrected chi connectivity index (χ0v) is 5.84. The van der Waals surface area contributed by atoms with Crippen LogP contribution in [0.25, 0.3) is 0 Å². The molecule has 0 aromatic carbocycles. The molecule has 0 aliphatic heterocycles. The van der Waals surface area contributed by atoms with Crippen molar-refractivity contribution in [3.05, 3.63) is 18.0 Å². The van der Waals surface area contributed by atoms with E-state index in [1.54, 1.807) is 6.20 Å². The Kier molecular flexibility index (Phi) is 1.67. The zero-order valence-electron chi connectivity index (χ0n) is 3.69. The normalized spacial score (nSPS) is 9.29. The highest BCUT2D eigenvalue weighted by Crippen LogP contribution is 1.97. The predicted molar refractivity (Wildman–Crippen MR) is 36.3 cm³/mol. The summed E-state index contributed by atoms with van der Waals surface area (Å²) in [5, 5.41) is 6.59. The van der Waals surface area contributed by atoms with Crippen LogP contribution in [0.1, 0.15) is 5.69 Å². The summed E-state index contributed by atoms with van der Waals surface area (Å²) in [5.41, 5.74) is 1.18. The smallest absolute Gasteiger partial charge is 0.0490 e. The number of hydrogen-bond donors (Lipinski definition) is 1. The van der Waals surface area contributed by atoms with Gasteiger partial charge in [0.2, 0.25) is 0 Å². The number of aromatic nitrogens is 2. The van der Waals surface area contributed by atoms with Crippen molar-refractivity contribution in [1.29, 1.82) is 0 Å². The van der Waals surface area contributed by atoms with Gasteiger partial charge in [-0.1, -0.05) is 22.6 Å². The number of hydrogen-bond acceptors (Lipinski definition) is 1. The number of nitrogens with one attached hydrogen (secondary N) is 1. The summed E-state index contributed by atoms with van der Waals surface area (Å²) in [6, 6.07) is 1.96. The lowest BCUT2D eigenvalue weighted by Gasteiger charge is -1.77. The third kappa shape index (κ3) is 1.15. The number of alkyl halides is 1. The summed E-state index contributed by atoms with van der Waals surface area (Å²) in [5.74, 6) is 0. The number of aromatic amines is 1. The molecular weight excluding hydrogens is 203 g/mol. The summed E-state index contributed by atoms with van der Waals surface area (Å²) >= 11 is 2.28. The van der Waals surface area contributed by atoms with E-state index in [1.807, 2.05) is 6.07 Å². The molecule has 0 bridgehead atoms. The molecule has 0 fully saturated rings. The molecule has 2 nitrogen and oxygen atoms in total. The van der Waals surface area contributed by atoms with Crippen molar-refractivity contribution in [3.63, 3.8) is 0 Å². The van der Waals surface area contributed by atoms with E-state index < -0.39 is 0 Å². The number of rotatable bonds is 1. The van der Waals surface area contributed by atoms with Gasteiger partial charge in [-0.15, -0.1) is 0 Å². The third-order valence-electron chi connectivity index (χ3n) is 0.702. The molecule has 1 heterocycles. The zero-order chi connectivity index (χ0) is 5.11. The molecule has 0 saturated heterocycles. The second kappa shape index (κ2) is 2.30. The van der Waals surface area contributed by atoms with Gasteiger partial charge >= 0.3 is 0 Å². The predicted octanol–water partition coefficient (Wildman–Crippen LogP) is 1.34. The number of nitrogens with zero attached hydrogens (tertiary/aromatic N) is 1. The first kappa shape index (κ1) is 5.08. The minimum atomic E-state index is 1.01. The van der Waals surface area contributed by atoms with Crippen molar-refractivity contribution < 1.29 is 0 Å². The molecule has 38 valence electrons. The standard InChI is InChI=1S/C4H5IN2/c5-3-4-1-2-6-7-4/h1-2H,3H2,(H,6,7). The van der Waals surface area contributed by atoms with E-state index in [-0.39, 0.29) is 0 Å². The molecule has 0 aliphatic rings. The van der Waals surface area contributed by atoms with Crippen molar-refractivity contribution >= 4 is 22.6 Å². The van der Waals surface area contributed by atoms with Crippen LogP contribution in [0.4, 0.5) is 0 Å². The van der Waals surface area contributed by atoms with Gasteiger partial charge in [-0.2, -0.15) is 5.10 Å². The Morgan fingerprint density at radius 3 is 3.00 bits per heavy atom. The first-order chi connectivity index (χ1) is 3.43. The highest BCUT2D eigenvalue weighted by Gasteiger charge is 1.83. The second-order valence-electron chi connectivity index (χ2n) is 1.22. The maximum atomic E-state index is 3.76. The van der Waals surface area contributed by atoms with E-state index in [1.165, 1.54) is 5.69 Å². The van der Waals surface area contributed by atoms with Crippen molar-refractivity contribution in [2.45, 2.75) is 4.43 Å². The van der Waals surface area contributed by atoms with Gasteiger partial charge in [0.1, 0.15) is 0 Å². The van der Waals surface area contributed by atoms with Gasteiger partial charge in [0.15, 0.2) is 0 Å². The molecule has 0 unspecified atom stereocenters. The highest BCUT2D eigenvalue weighted by molar-refractivity contribution is 14.1. The maximum absolute atomic E-state index is 3.76. The largest absolute Gasteiger partial charge is 0.282 e. The Balaban J connectivity index is 2.76. The van der Waals surface area contributed by atoms with Crippen LogP contribution in [0.15, 0.2) is 12.3 Å². The molecule has 7 heavy (non-hydrogen) atoms. The molecule has 3 heteroatoms. The quantitative estimate of drug-likeness (QED) is 0.547. The van der Waals surface area contributed by atoms with E-state index in [9.17, 15) is 0 Å². The van der Waals surface area contributed by atoms with Gasteiger partial charge in [0, 0.05) is 16.3 Å². The van der Waals surface area contributed by atoms with Crippen molar-refractivity contribution in [3.8, 4) is 0 Å². The Morgan fingerprint density at radius 2 is 2.71 bits per heavy atom. The van der Waals surface area contributed by atoms with Crippen molar-refractivity contribution in [2.24, 2.45) is 0 Å². The number of H-pyrrole nitrogens is 1. The minimum absolute atomic E-state index is 1.01. The molecule has 1 aromatic heterocycles. The lowest BCUT2D eigenvalue weighted by atomic mass is 10.5. The fraction of sp³-hybridized carbons (Fsp3) is 0.250. The molecule has 1 aromatic rings. The molecule has 1 rings (SSSR count). The van der Waals surface area contributed by atoms with Crippen LogP contribution < -0.4 is 0 Å². The summed E-state index contributed by atoms with van der Waals surface area (Å²) in [4.78, 5) is 0. The first-order valence-electron chi connectivity index (χ1n) is 1.97. The SMILES string of the molecule is ICc1ccn[nH]1. The molecule has 0 aliphatic carbocycles. The van der Waals surface area contributed by atoms with Gasteiger partial charge in [-0.3, -0.25) is 5.10 Å². The van der Waals surface area contributed by atoms with Gasteiger partial charge in [-0.25, -0.2) is 0 Å². The van der Waals surface area contributed by atoms with Crippen LogP contribution in [0.3, 0.4) is 0 Å². The Hall–Kier alpha value is -0.0600. The Bertz CT molecular complexity index is 124. The van der Waals surface area contributed by atoms with Gasteiger partial charge in [0.25, 0.3) is 0 Å². The van der Waals surface area contributed by atoms with Crippen LogP contribution in [-0.4, -0.2) is 10.2 Å². The van der Waals surface area contributed by atoms with E-state index in [2.05, 4.69) is 32.8 Å². The van der Waals surface area contributed by atoms with Gasteiger partial charge in [0.05, 0.1) is 0 Å². The van der Waals surface area contributed by atoms with E-state index >= 15 is 0 Å². The number of halogens is 1. The Labute approximate surface area is 55.5 Å². The average Bonchev–Trinajstić information content (AvgIpc) is 2.14. The van der Waals surface area contributed by atoms with Crippen molar-refractivity contribution in [2.75, 3.05) is 0 Å². The highest BCUT2D eigenvalue weighted by atomic mass is 127. The van der Waals surface area contributed by atoms with Crippen LogP contribution in [0, 0.1) is 0 Å². The van der Waals surface area contributed by atoms with E-state index in [4.69, 9.17) is 0 Å². The molecule has 0 amide bonds. The topological polar surface area (TPSA) is 28.7 Å². The molecule has 0 saturated carbocycles. The fourth-order valence-corrected chi connectivity index (χ4v) is 0.784. The summed E-state index contributed by atoms with van der Waals surface area (Å²) in [7, 11) is 0. The average molecular weight is 208 g/mol. The summed E-state index contributed by atoms with van der Waals surface area (Å²) < 4.78 is 1.01. The summed E-state index contributed by atoms with van der Waals surface area (Å²) in [6.45, 7) is 0. The first-order valence-corrected chi connectivity index (χ1v) is 3.50. The van der Waals surface area contributed by atoms with E-state index in [0.717, 1.165) is 4.43 Å². The molecule has 1 N–H and O–H groups in total. The molecule has 0 spiro atoms. The lowest BCUT2D eigenvalue weighted by molar-refractivity contribution is 1.04. The summed E-state index contributed by atoms with van der Waals surface area (Å²) in [6.07, 6.45) is 1.76. The molecule has 0 atom stereocenters. The molecule has 0 radical (unpaired) electrons. The fourth-order valence-electron chi connectivity index (χ4n) is 0.359. The van der Waals surface area contributed by atoms with Crippen LogP contribution >= 0.6 is 22.6 Å². The van der Waals surface area contributed by atoms with Crippen LogP contribution in [0.5, 0.6) is 0 Å². The Morgan fingerprint density at radius 1 is 1.86 bits per heavy atom. The maximum Gasteiger partial charge on any atom is 0.0490 e.